The fourth-order valence-electron chi connectivity index (χ4n) is 6.32. The Kier molecular flexibility index (Phi) is 9.09. The third kappa shape index (κ3) is 6.69. The van der Waals surface area contributed by atoms with E-state index in [1.54, 1.807) is 11.3 Å². The summed E-state index contributed by atoms with van der Waals surface area (Å²) in [5, 5.41) is 24.4. The van der Waals surface area contributed by atoms with Crippen molar-refractivity contribution in [3.05, 3.63) is 105 Å². The van der Waals surface area contributed by atoms with E-state index >= 15 is 0 Å². The molecule has 0 unspecified atom stereocenters. The maximum Gasteiger partial charge on any atom is 0.196 e. The molecule has 0 fully saturated rings. The van der Waals surface area contributed by atoms with Gasteiger partial charge < -0.3 is 5.32 Å². The third-order valence-electron chi connectivity index (χ3n) is 8.39. The molecule has 49 heavy (non-hydrogen) atoms. The number of pyridine rings is 1. The zero-order valence-corrected chi connectivity index (χ0v) is 31.3. The van der Waals surface area contributed by atoms with Crippen molar-refractivity contribution in [1.29, 1.82) is 5.26 Å². The average Bonchev–Trinajstić information content (AvgIpc) is 3.64. The van der Waals surface area contributed by atoms with Gasteiger partial charge in [0.1, 0.15) is 23.1 Å². The van der Waals surface area contributed by atoms with Crippen LogP contribution in [0.2, 0.25) is 0 Å². The van der Waals surface area contributed by atoms with Crippen LogP contribution >= 0.6 is 22.9 Å². The van der Waals surface area contributed by atoms with Crippen molar-refractivity contribution < 1.29 is 0 Å². The Balaban J connectivity index is 1.58. The van der Waals surface area contributed by atoms with Crippen LogP contribution in [0, 0.1) is 59.8 Å². The van der Waals surface area contributed by atoms with Crippen LogP contribution in [0.4, 0.5) is 38.8 Å². The monoisotopic (exact) mass is 684 g/mol. The molecule has 0 aliphatic rings. The summed E-state index contributed by atoms with van der Waals surface area (Å²) < 4.78 is 5.68. The number of azo groups is 1. The topological polar surface area (TPSA) is 102 Å². The Labute approximate surface area is 296 Å². The van der Waals surface area contributed by atoms with Crippen LogP contribution in [-0.2, 0) is 5.41 Å². The Morgan fingerprint density at radius 2 is 1.43 bits per heavy atom. The lowest BCUT2D eigenvalue weighted by molar-refractivity contribution is 0.574. The van der Waals surface area contributed by atoms with Crippen LogP contribution in [0.5, 0.6) is 0 Å². The van der Waals surface area contributed by atoms with Gasteiger partial charge in [-0.3, -0.25) is 4.90 Å². The molecule has 6 rings (SSSR count). The number of benzene rings is 3. The zero-order chi connectivity index (χ0) is 35.2. The van der Waals surface area contributed by atoms with Crippen LogP contribution < -0.4 is 10.2 Å². The number of nitrogens with one attached hydrogen (secondary N) is 1. The second-order valence-electron chi connectivity index (χ2n) is 13.7. The standard InChI is InChI=1S/C39H40N8S2/c1-21-15-23(3)32(24(4)16-21)43-36-33(44-45-37-28(20-40)35(46-49-37)39(8,9)10)25(5)19-31(42-36)47(34-26(6)17-22(2)18-27(34)7)38-41-29-13-11-12-14-30(29)48-38/h11-19H,1-10H3,(H,42,43). The number of hydrogen-bond acceptors (Lipinski definition) is 10. The molecular weight excluding hydrogens is 645 g/mol. The van der Waals surface area contributed by atoms with E-state index in [1.807, 2.05) is 52.0 Å². The second kappa shape index (κ2) is 13.1. The van der Waals surface area contributed by atoms with Gasteiger partial charge in [-0.15, -0.1) is 10.2 Å². The summed E-state index contributed by atoms with van der Waals surface area (Å²) in [7, 11) is 0. The molecule has 3 aromatic carbocycles. The van der Waals surface area contributed by atoms with E-state index in [4.69, 9.17) is 15.1 Å². The molecule has 3 heterocycles. The first kappa shape index (κ1) is 33.9. The molecule has 3 aromatic heterocycles. The molecule has 0 saturated carbocycles. The highest BCUT2D eigenvalue weighted by Gasteiger charge is 2.26. The van der Waals surface area contributed by atoms with Gasteiger partial charge in [0.05, 0.1) is 21.6 Å². The molecule has 0 spiro atoms. The first-order valence-electron chi connectivity index (χ1n) is 16.2. The van der Waals surface area contributed by atoms with Gasteiger partial charge in [-0.2, -0.15) is 9.64 Å². The zero-order valence-electron chi connectivity index (χ0n) is 29.6. The predicted octanol–water partition coefficient (Wildman–Crippen LogP) is 12.1. The molecule has 0 aliphatic carbocycles. The van der Waals surface area contributed by atoms with Crippen molar-refractivity contribution in [2.45, 2.75) is 74.7 Å². The van der Waals surface area contributed by atoms with Gasteiger partial charge in [0.2, 0.25) is 0 Å². The molecule has 0 atom stereocenters. The first-order valence-corrected chi connectivity index (χ1v) is 17.8. The van der Waals surface area contributed by atoms with Crippen LogP contribution in [0.1, 0.15) is 71.0 Å². The number of thiazole rings is 1. The summed E-state index contributed by atoms with van der Waals surface area (Å²) >= 11 is 2.82. The number of para-hydroxylation sites is 1. The van der Waals surface area contributed by atoms with Crippen molar-refractivity contribution in [2.75, 3.05) is 10.2 Å². The van der Waals surface area contributed by atoms with Crippen LogP contribution in [0.3, 0.4) is 0 Å². The second-order valence-corrected chi connectivity index (χ2v) is 15.5. The molecule has 0 aliphatic heterocycles. The number of aryl methyl sites for hydroxylation is 7. The van der Waals surface area contributed by atoms with Gasteiger partial charge in [-0.1, -0.05) is 79.6 Å². The SMILES string of the molecule is Cc1cc(C)c(Nc2nc(N(c3nc4ccccc4s3)c3c(C)cc(C)cc3C)cc(C)c2N=Nc2snc(C(C)(C)C)c2C#N)c(C)c1. The fraction of sp³-hybridized carbons (Fsp3) is 0.282. The number of rotatable bonds is 7. The minimum absolute atomic E-state index is 0.294. The van der Waals surface area contributed by atoms with Crippen molar-refractivity contribution in [2.24, 2.45) is 10.2 Å². The van der Waals surface area contributed by atoms with Crippen molar-refractivity contribution >= 4 is 71.9 Å². The molecule has 248 valence electrons. The molecular formula is C39H40N8S2. The smallest absolute Gasteiger partial charge is 0.196 e. The predicted molar refractivity (Wildman–Crippen MR) is 205 cm³/mol. The quantitative estimate of drug-likeness (QED) is 0.168. The van der Waals surface area contributed by atoms with E-state index in [0.717, 1.165) is 60.2 Å². The summed E-state index contributed by atoms with van der Waals surface area (Å²) in [6, 6.07) is 21.3. The van der Waals surface area contributed by atoms with Crippen molar-refractivity contribution in [3.63, 3.8) is 0 Å². The number of hydrogen-bond donors (Lipinski definition) is 1. The number of fused-ring (bicyclic) bond motifs is 1. The van der Waals surface area contributed by atoms with Gasteiger partial charge in [0, 0.05) is 11.1 Å². The van der Waals surface area contributed by atoms with E-state index in [1.165, 1.54) is 22.7 Å². The molecule has 0 radical (unpaired) electrons. The lowest BCUT2D eigenvalue weighted by Gasteiger charge is -2.27. The lowest BCUT2D eigenvalue weighted by Crippen LogP contribution is -2.15. The molecule has 8 nitrogen and oxygen atoms in total. The summed E-state index contributed by atoms with van der Waals surface area (Å²) in [6.45, 7) is 20.8. The lowest BCUT2D eigenvalue weighted by atomic mass is 9.90. The summed E-state index contributed by atoms with van der Waals surface area (Å²) in [5.74, 6) is 1.27. The molecule has 0 saturated heterocycles. The first-order chi connectivity index (χ1) is 23.2. The Bertz CT molecular complexity index is 2220. The maximum atomic E-state index is 10.0. The highest BCUT2D eigenvalue weighted by Crippen LogP contribution is 2.45. The maximum absolute atomic E-state index is 10.0. The average molecular weight is 685 g/mol. The van der Waals surface area contributed by atoms with Gasteiger partial charge >= 0.3 is 0 Å². The van der Waals surface area contributed by atoms with Crippen molar-refractivity contribution in [3.8, 4) is 6.07 Å². The number of nitrogens with zero attached hydrogens (tertiary/aromatic N) is 7. The highest BCUT2D eigenvalue weighted by molar-refractivity contribution is 7.22. The molecule has 0 amide bonds. The van der Waals surface area contributed by atoms with E-state index < -0.39 is 0 Å². The number of anilines is 5. The molecule has 6 aromatic rings. The Hall–Kier alpha value is -4.98. The van der Waals surface area contributed by atoms with E-state index in [9.17, 15) is 5.26 Å². The van der Waals surface area contributed by atoms with E-state index in [0.29, 0.717) is 27.9 Å². The largest absolute Gasteiger partial charge is 0.338 e. The minimum Gasteiger partial charge on any atom is -0.338 e. The fourth-order valence-corrected chi connectivity index (χ4v) is 8.15. The highest BCUT2D eigenvalue weighted by atomic mass is 32.1. The summed E-state index contributed by atoms with van der Waals surface area (Å²) in [6.07, 6.45) is 0. The Morgan fingerprint density at radius 3 is 2.04 bits per heavy atom. The van der Waals surface area contributed by atoms with E-state index in [2.05, 4.69) is 97.6 Å². The number of nitriles is 1. The van der Waals surface area contributed by atoms with Gasteiger partial charge in [-0.05, 0) is 106 Å². The third-order valence-corrected chi connectivity index (χ3v) is 10.1. The Morgan fingerprint density at radius 1 is 0.796 bits per heavy atom. The van der Waals surface area contributed by atoms with Crippen LogP contribution in [0.15, 0.2) is 64.8 Å². The molecule has 1 N–H and O–H groups in total. The molecule has 0 bridgehead atoms. The summed E-state index contributed by atoms with van der Waals surface area (Å²) in [5.41, 5.74) is 12.1. The minimum atomic E-state index is -0.294. The number of aromatic nitrogens is 3. The molecule has 10 heteroatoms. The van der Waals surface area contributed by atoms with Crippen LogP contribution in [-0.4, -0.2) is 14.3 Å². The van der Waals surface area contributed by atoms with Gasteiger partial charge in [0.25, 0.3) is 0 Å². The summed E-state index contributed by atoms with van der Waals surface area (Å²) in [4.78, 5) is 12.6. The van der Waals surface area contributed by atoms with Gasteiger partial charge in [-0.25, -0.2) is 9.97 Å². The van der Waals surface area contributed by atoms with Crippen molar-refractivity contribution in [1.82, 2.24) is 14.3 Å². The van der Waals surface area contributed by atoms with Crippen LogP contribution in [0.25, 0.3) is 10.2 Å². The van der Waals surface area contributed by atoms with Gasteiger partial charge in [0.15, 0.2) is 16.0 Å². The normalized spacial score (nSPS) is 11.8. The van der Waals surface area contributed by atoms with E-state index in [-0.39, 0.29) is 5.41 Å².